The van der Waals surface area contributed by atoms with E-state index >= 15 is 0 Å². The van der Waals surface area contributed by atoms with Crippen LogP contribution in [-0.2, 0) is 9.59 Å². The minimum atomic E-state index is -0.202. The molecule has 0 aromatic rings. The summed E-state index contributed by atoms with van der Waals surface area (Å²) in [5, 5.41) is 6.25. The Labute approximate surface area is 114 Å². The van der Waals surface area contributed by atoms with Gasteiger partial charge in [-0.15, -0.1) is 12.4 Å². The first-order valence-corrected chi connectivity index (χ1v) is 6.50. The summed E-state index contributed by atoms with van der Waals surface area (Å²) in [4.78, 5) is 22.9. The highest BCUT2D eigenvalue weighted by Crippen LogP contribution is 2.24. The van der Waals surface area contributed by atoms with Crippen LogP contribution in [0.25, 0.3) is 0 Å². The van der Waals surface area contributed by atoms with Gasteiger partial charge >= 0.3 is 0 Å². The first-order chi connectivity index (χ1) is 8.16. The maximum absolute atomic E-state index is 11.9. The lowest BCUT2D eigenvalue weighted by Crippen LogP contribution is -2.46. The van der Waals surface area contributed by atoms with E-state index in [-0.39, 0.29) is 42.2 Å². The van der Waals surface area contributed by atoms with Gasteiger partial charge in [0.1, 0.15) is 0 Å². The number of carbonyl (C=O) groups excluding carboxylic acids is 2. The second-order valence-corrected chi connectivity index (χ2v) is 5.11. The second-order valence-electron chi connectivity index (χ2n) is 5.11. The van der Waals surface area contributed by atoms with Gasteiger partial charge in [-0.3, -0.25) is 9.59 Å². The van der Waals surface area contributed by atoms with Crippen LogP contribution in [0.3, 0.4) is 0 Å². The summed E-state index contributed by atoms with van der Waals surface area (Å²) in [6, 6.07) is 0.212. The molecular formula is C12H22ClN3O2. The summed E-state index contributed by atoms with van der Waals surface area (Å²) in [6.45, 7) is 0.937. The highest BCUT2D eigenvalue weighted by molar-refractivity contribution is 5.85. The van der Waals surface area contributed by atoms with E-state index in [0.717, 1.165) is 45.1 Å². The van der Waals surface area contributed by atoms with Crippen LogP contribution >= 0.6 is 12.4 Å². The van der Waals surface area contributed by atoms with Gasteiger partial charge in [-0.05, 0) is 45.1 Å². The maximum Gasteiger partial charge on any atom is 0.237 e. The molecule has 0 aromatic carbocycles. The minimum Gasteiger partial charge on any atom is -0.369 e. The molecular weight excluding hydrogens is 254 g/mol. The third-order valence-electron chi connectivity index (χ3n) is 3.85. The molecule has 1 heterocycles. The van der Waals surface area contributed by atoms with Crippen molar-refractivity contribution in [1.29, 1.82) is 0 Å². The highest BCUT2D eigenvalue weighted by atomic mass is 35.5. The van der Waals surface area contributed by atoms with Crippen molar-refractivity contribution in [2.24, 2.45) is 11.7 Å². The number of hydrogen-bond acceptors (Lipinski definition) is 3. The van der Waals surface area contributed by atoms with Gasteiger partial charge in [0.15, 0.2) is 0 Å². The van der Waals surface area contributed by atoms with Crippen LogP contribution in [0.15, 0.2) is 0 Å². The molecule has 1 saturated heterocycles. The van der Waals surface area contributed by atoms with Crippen LogP contribution in [0.1, 0.15) is 38.5 Å². The zero-order valence-electron chi connectivity index (χ0n) is 10.5. The Bertz CT molecular complexity index is 298. The monoisotopic (exact) mass is 275 g/mol. The fourth-order valence-corrected chi connectivity index (χ4v) is 2.73. The topological polar surface area (TPSA) is 84.2 Å². The predicted molar refractivity (Wildman–Crippen MR) is 71.4 cm³/mol. The Morgan fingerprint density at radius 2 is 1.78 bits per heavy atom. The molecule has 4 N–H and O–H groups in total. The molecule has 104 valence electrons. The number of carbonyl (C=O) groups is 2. The lowest BCUT2D eigenvalue weighted by Gasteiger charge is -2.28. The van der Waals surface area contributed by atoms with Crippen molar-refractivity contribution in [3.63, 3.8) is 0 Å². The maximum atomic E-state index is 11.9. The molecule has 1 aliphatic heterocycles. The van der Waals surface area contributed by atoms with E-state index in [2.05, 4.69) is 10.6 Å². The first kappa shape index (κ1) is 15.2. The van der Waals surface area contributed by atoms with Crippen molar-refractivity contribution < 1.29 is 9.59 Å². The zero-order chi connectivity index (χ0) is 12.3. The van der Waals surface area contributed by atoms with Gasteiger partial charge in [0.2, 0.25) is 11.8 Å². The van der Waals surface area contributed by atoms with Crippen molar-refractivity contribution in [2.45, 2.75) is 50.6 Å². The Morgan fingerprint density at radius 1 is 1.11 bits per heavy atom. The fraction of sp³-hybridized carbons (Fsp3) is 0.833. The Hall–Kier alpha value is -0.810. The van der Waals surface area contributed by atoms with Crippen LogP contribution < -0.4 is 16.4 Å². The normalized spacial score (nSPS) is 31.4. The van der Waals surface area contributed by atoms with E-state index < -0.39 is 0 Å². The van der Waals surface area contributed by atoms with Gasteiger partial charge in [0.25, 0.3) is 0 Å². The van der Waals surface area contributed by atoms with Crippen molar-refractivity contribution in [3.05, 3.63) is 0 Å². The smallest absolute Gasteiger partial charge is 0.237 e. The van der Waals surface area contributed by atoms with Gasteiger partial charge in [0, 0.05) is 12.0 Å². The van der Waals surface area contributed by atoms with Gasteiger partial charge in [-0.25, -0.2) is 0 Å². The number of hydrogen-bond donors (Lipinski definition) is 3. The van der Waals surface area contributed by atoms with Crippen molar-refractivity contribution >= 4 is 24.2 Å². The molecule has 1 atom stereocenters. The third-order valence-corrected chi connectivity index (χ3v) is 3.85. The fourth-order valence-electron chi connectivity index (χ4n) is 2.73. The van der Waals surface area contributed by atoms with E-state index in [1.54, 1.807) is 0 Å². The Morgan fingerprint density at radius 3 is 2.28 bits per heavy atom. The number of primary amides is 1. The number of amides is 2. The van der Waals surface area contributed by atoms with Crippen LogP contribution in [0.4, 0.5) is 0 Å². The molecule has 1 saturated carbocycles. The first-order valence-electron chi connectivity index (χ1n) is 6.50. The van der Waals surface area contributed by atoms with Gasteiger partial charge in [0.05, 0.1) is 6.04 Å². The van der Waals surface area contributed by atoms with Gasteiger partial charge in [-0.2, -0.15) is 0 Å². The molecule has 1 aliphatic carbocycles. The Kier molecular flexibility index (Phi) is 5.88. The van der Waals surface area contributed by atoms with E-state index in [9.17, 15) is 9.59 Å². The molecule has 18 heavy (non-hydrogen) atoms. The van der Waals surface area contributed by atoms with E-state index in [1.807, 2.05) is 0 Å². The summed E-state index contributed by atoms with van der Waals surface area (Å²) in [5.41, 5.74) is 5.28. The molecule has 2 aliphatic rings. The highest BCUT2D eigenvalue weighted by Gasteiger charge is 2.28. The molecule has 0 aromatic heterocycles. The molecule has 5 nitrogen and oxygen atoms in total. The predicted octanol–water partition coefficient (Wildman–Crippen LogP) is 0.320. The van der Waals surface area contributed by atoms with E-state index in [1.165, 1.54) is 0 Å². The lowest BCUT2D eigenvalue weighted by atomic mass is 9.85. The van der Waals surface area contributed by atoms with Crippen molar-refractivity contribution in [1.82, 2.24) is 10.6 Å². The quantitative estimate of drug-likeness (QED) is 0.694. The average Bonchev–Trinajstić information content (AvgIpc) is 2.83. The van der Waals surface area contributed by atoms with Crippen LogP contribution in [0.2, 0.25) is 0 Å². The molecule has 0 spiro atoms. The Balaban J connectivity index is 0.00000162. The van der Waals surface area contributed by atoms with Gasteiger partial charge < -0.3 is 16.4 Å². The van der Waals surface area contributed by atoms with Gasteiger partial charge in [-0.1, -0.05) is 0 Å². The summed E-state index contributed by atoms with van der Waals surface area (Å²) in [6.07, 6.45) is 5.35. The SMILES string of the molecule is Cl.NC(=O)C1CCC(NC(=O)C2CCCN2)CC1. The molecule has 2 amide bonds. The second kappa shape index (κ2) is 6.95. The molecule has 0 radical (unpaired) electrons. The summed E-state index contributed by atoms with van der Waals surface area (Å²) < 4.78 is 0. The third kappa shape index (κ3) is 3.85. The zero-order valence-corrected chi connectivity index (χ0v) is 11.3. The van der Waals surface area contributed by atoms with E-state index in [4.69, 9.17) is 5.73 Å². The largest absolute Gasteiger partial charge is 0.369 e. The average molecular weight is 276 g/mol. The number of halogens is 1. The number of rotatable bonds is 3. The molecule has 6 heteroatoms. The van der Waals surface area contributed by atoms with Crippen molar-refractivity contribution in [3.8, 4) is 0 Å². The van der Waals surface area contributed by atoms with Crippen LogP contribution in [0, 0.1) is 5.92 Å². The summed E-state index contributed by atoms with van der Waals surface area (Å²) >= 11 is 0. The van der Waals surface area contributed by atoms with Crippen molar-refractivity contribution in [2.75, 3.05) is 6.54 Å². The molecule has 2 rings (SSSR count). The summed E-state index contributed by atoms with van der Waals surface area (Å²) in [7, 11) is 0. The lowest BCUT2D eigenvalue weighted by molar-refractivity contribution is -0.124. The molecule has 1 unspecified atom stereocenters. The molecule has 0 bridgehead atoms. The standard InChI is InChI=1S/C12H21N3O2.ClH/c13-11(16)8-3-5-9(6-4-8)15-12(17)10-2-1-7-14-10;/h8-10,14H,1-7H2,(H2,13,16)(H,15,17);1H. The summed E-state index contributed by atoms with van der Waals surface area (Å²) in [5.74, 6) is -0.0787. The van der Waals surface area contributed by atoms with Crippen LogP contribution in [0.5, 0.6) is 0 Å². The number of nitrogens with one attached hydrogen (secondary N) is 2. The molecule has 2 fully saturated rings. The number of nitrogens with two attached hydrogens (primary N) is 1. The van der Waals surface area contributed by atoms with E-state index in [0.29, 0.717) is 0 Å². The minimum absolute atomic E-state index is 0. The van der Waals surface area contributed by atoms with Crippen LogP contribution in [-0.4, -0.2) is 30.4 Å².